The van der Waals surface area contributed by atoms with Crippen LogP contribution in [0.1, 0.15) is 19.3 Å². The van der Waals surface area contributed by atoms with Gasteiger partial charge in [-0.2, -0.15) is 0 Å². The fourth-order valence-corrected chi connectivity index (χ4v) is 3.42. The lowest BCUT2D eigenvalue weighted by atomic mass is 9.93. The Hall–Kier alpha value is -0.970. The summed E-state index contributed by atoms with van der Waals surface area (Å²) in [4.78, 5) is 12.3. The minimum atomic E-state index is 0.0313. The second-order valence-electron chi connectivity index (χ2n) is 5.57. The molecule has 3 N–H and O–H groups in total. The number of halogens is 2. The van der Waals surface area contributed by atoms with Crippen LogP contribution < -0.4 is 11.1 Å². The molecule has 1 spiro atoms. The van der Waals surface area contributed by atoms with Crippen molar-refractivity contribution in [2.45, 2.75) is 19.3 Å². The predicted octanol–water partition coefficient (Wildman–Crippen LogP) is 3.33. The summed E-state index contributed by atoms with van der Waals surface area (Å²) in [7, 11) is 0. The first-order valence-electron chi connectivity index (χ1n) is 6.65. The van der Waals surface area contributed by atoms with Crippen molar-refractivity contribution >= 4 is 40.5 Å². The van der Waals surface area contributed by atoms with Crippen molar-refractivity contribution < 1.29 is 9.53 Å². The van der Waals surface area contributed by atoms with E-state index in [0.717, 1.165) is 32.5 Å². The summed E-state index contributed by atoms with van der Waals surface area (Å²) in [5.74, 6) is 0.102. The first-order valence-corrected chi connectivity index (χ1v) is 7.41. The zero-order valence-electron chi connectivity index (χ0n) is 10.9. The van der Waals surface area contributed by atoms with Gasteiger partial charge in [0, 0.05) is 24.8 Å². The van der Waals surface area contributed by atoms with Gasteiger partial charge in [-0.1, -0.05) is 23.2 Å². The van der Waals surface area contributed by atoms with Crippen molar-refractivity contribution in [3.05, 3.63) is 22.2 Å². The number of carbonyl (C=O) groups excluding carboxylic acids is 1. The summed E-state index contributed by atoms with van der Waals surface area (Å²) in [5.41, 5.74) is 6.75. The molecule has 1 saturated heterocycles. The molecule has 1 aromatic carbocycles. The lowest BCUT2D eigenvalue weighted by Crippen LogP contribution is -2.24. The third-order valence-electron chi connectivity index (χ3n) is 4.34. The summed E-state index contributed by atoms with van der Waals surface area (Å²) in [6, 6.07) is 3.25. The highest BCUT2D eigenvalue weighted by molar-refractivity contribution is 6.39. The lowest BCUT2D eigenvalue weighted by Gasteiger charge is -2.22. The fourth-order valence-electron chi connectivity index (χ4n) is 2.93. The molecule has 1 unspecified atom stereocenters. The Bertz CT molecular complexity index is 533. The van der Waals surface area contributed by atoms with E-state index in [-0.39, 0.29) is 17.2 Å². The molecular formula is C14H16Cl2N2O2. The lowest BCUT2D eigenvalue weighted by molar-refractivity contribution is -0.118. The molecule has 1 aromatic rings. The smallest absolute Gasteiger partial charge is 0.228 e. The average Bonchev–Trinajstić information content (AvgIpc) is 3.10. The first-order chi connectivity index (χ1) is 9.52. The largest absolute Gasteiger partial charge is 0.396 e. The highest BCUT2D eigenvalue weighted by Gasteiger charge is 2.57. The highest BCUT2D eigenvalue weighted by atomic mass is 35.5. The average molecular weight is 315 g/mol. The molecule has 1 aliphatic carbocycles. The second kappa shape index (κ2) is 5.10. The number of benzene rings is 1. The van der Waals surface area contributed by atoms with Gasteiger partial charge in [0.2, 0.25) is 5.91 Å². The van der Waals surface area contributed by atoms with Crippen molar-refractivity contribution in [3.8, 4) is 0 Å². The number of carbonyl (C=O) groups is 1. The number of hydrogen-bond donors (Lipinski definition) is 2. The maximum Gasteiger partial charge on any atom is 0.228 e. The Balaban J connectivity index is 1.68. The summed E-state index contributed by atoms with van der Waals surface area (Å²) in [6.45, 7) is 1.51. The normalized spacial score (nSPS) is 23.6. The zero-order valence-corrected chi connectivity index (χ0v) is 12.4. The number of anilines is 2. The van der Waals surface area contributed by atoms with Crippen molar-refractivity contribution in [1.82, 2.24) is 0 Å². The molecule has 20 heavy (non-hydrogen) atoms. The van der Waals surface area contributed by atoms with Crippen LogP contribution in [0.15, 0.2) is 12.1 Å². The number of hydrogen-bond acceptors (Lipinski definition) is 3. The van der Waals surface area contributed by atoms with E-state index < -0.39 is 0 Å². The van der Waals surface area contributed by atoms with E-state index in [9.17, 15) is 4.79 Å². The van der Waals surface area contributed by atoms with E-state index in [2.05, 4.69) is 5.32 Å². The van der Waals surface area contributed by atoms with E-state index in [1.807, 2.05) is 0 Å². The van der Waals surface area contributed by atoms with Gasteiger partial charge < -0.3 is 15.8 Å². The molecule has 1 aliphatic heterocycles. The number of ether oxygens (including phenoxy) is 1. The second-order valence-corrected chi connectivity index (χ2v) is 6.39. The van der Waals surface area contributed by atoms with Gasteiger partial charge in [-0.05, 0) is 36.8 Å². The Morgan fingerprint density at radius 3 is 2.50 bits per heavy atom. The molecule has 1 heterocycles. The zero-order chi connectivity index (χ0) is 14.3. The van der Waals surface area contributed by atoms with E-state index in [0.29, 0.717) is 21.4 Å². The standard InChI is InChI=1S/C14H16Cl2N2O2/c15-10-5-8(6-11(16)12(10)17)18-13(19)9-7-14(9)1-3-20-4-2-14/h5-6,9H,1-4,7,17H2,(H,18,19). The van der Waals surface area contributed by atoms with Gasteiger partial charge in [0.05, 0.1) is 15.7 Å². The van der Waals surface area contributed by atoms with Crippen LogP contribution in [0.3, 0.4) is 0 Å². The maximum absolute atomic E-state index is 12.3. The molecule has 0 aromatic heterocycles. The third-order valence-corrected chi connectivity index (χ3v) is 4.97. The van der Waals surface area contributed by atoms with Gasteiger partial charge in [-0.25, -0.2) is 0 Å². The molecule has 0 radical (unpaired) electrons. The van der Waals surface area contributed by atoms with Crippen LogP contribution in [0.25, 0.3) is 0 Å². The number of nitrogens with two attached hydrogens (primary N) is 1. The van der Waals surface area contributed by atoms with Crippen LogP contribution in [0, 0.1) is 11.3 Å². The summed E-state index contributed by atoms with van der Waals surface area (Å²) in [6.07, 6.45) is 2.88. The third kappa shape index (κ3) is 2.48. The van der Waals surface area contributed by atoms with Gasteiger partial charge in [0.25, 0.3) is 0 Å². The molecule has 6 heteroatoms. The van der Waals surface area contributed by atoms with Crippen molar-refractivity contribution in [2.75, 3.05) is 24.3 Å². The predicted molar refractivity (Wildman–Crippen MR) is 80.1 cm³/mol. The maximum atomic E-state index is 12.3. The van der Waals surface area contributed by atoms with Gasteiger partial charge in [-0.3, -0.25) is 4.79 Å². The van der Waals surface area contributed by atoms with Crippen LogP contribution in [0.2, 0.25) is 10.0 Å². The minimum Gasteiger partial charge on any atom is -0.396 e. The molecule has 3 rings (SSSR count). The van der Waals surface area contributed by atoms with E-state index in [1.165, 1.54) is 0 Å². The molecule has 108 valence electrons. The van der Waals surface area contributed by atoms with Crippen molar-refractivity contribution in [1.29, 1.82) is 0 Å². The molecule has 0 bridgehead atoms. The van der Waals surface area contributed by atoms with E-state index in [1.54, 1.807) is 12.1 Å². The topological polar surface area (TPSA) is 64.3 Å². The SMILES string of the molecule is Nc1c(Cl)cc(NC(=O)C2CC23CCOCC3)cc1Cl. The number of rotatable bonds is 2. The van der Waals surface area contributed by atoms with E-state index >= 15 is 0 Å². The minimum absolute atomic E-state index is 0.0313. The quantitative estimate of drug-likeness (QED) is 0.823. The van der Waals surface area contributed by atoms with Gasteiger partial charge in [0.1, 0.15) is 0 Å². The Labute approximate surface area is 127 Å². The molecule has 1 atom stereocenters. The summed E-state index contributed by atoms with van der Waals surface area (Å²) < 4.78 is 5.36. The molecular weight excluding hydrogens is 299 g/mol. The highest BCUT2D eigenvalue weighted by Crippen LogP contribution is 2.59. The molecule has 2 fully saturated rings. The molecule has 1 saturated carbocycles. The van der Waals surface area contributed by atoms with Crippen molar-refractivity contribution in [2.24, 2.45) is 11.3 Å². The number of nitrogen functional groups attached to an aromatic ring is 1. The van der Waals surface area contributed by atoms with E-state index in [4.69, 9.17) is 33.7 Å². The Morgan fingerprint density at radius 1 is 1.30 bits per heavy atom. The van der Waals surface area contributed by atoms with Gasteiger partial charge >= 0.3 is 0 Å². The van der Waals surface area contributed by atoms with Crippen LogP contribution >= 0.6 is 23.2 Å². The van der Waals surface area contributed by atoms with Crippen LogP contribution in [-0.2, 0) is 9.53 Å². The Morgan fingerprint density at radius 2 is 1.90 bits per heavy atom. The molecule has 2 aliphatic rings. The van der Waals surface area contributed by atoms with Crippen LogP contribution in [0.4, 0.5) is 11.4 Å². The number of amides is 1. The Kier molecular flexibility index (Phi) is 3.56. The van der Waals surface area contributed by atoms with Crippen LogP contribution in [0.5, 0.6) is 0 Å². The van der Waals surface area contributed by atoms with Gasteiger partial charge in [-0.15, -0.1) is 0 Å². The van der Waals surface area contributed by atoms with Crippen LogP contribution in [-0.4, -0.2) is 19.1 Å². The summed E-state index contributed by atoms with van der Waals surface area (Å²) in [5, 5.41) is 3.58. The molecule has 1 amide bonds. The fraction of sp³-hybridized carbons (Fsp3) is 0.500. The van der Waals surface area contributed by atoms with Gasteiger partial charge in [0.15, 0.2) is 0 Å². The number of nitrogens with one attached hydrogen (secondary N) is 1. The summed E-state index contributed by atoms with van der Waals surface area (Å²) >= 11 is 11.9. The monoisotopic (exact) mass is 314 g/mol. The first kappa shape index (κ1) is 14.0. The molecule has 4 nitrogen and oxygen atoms in total. The van der Waals surface area contributed by atoms with Crippen molar-refractivity contribution in [3.63, 3.8) is 0 Å².